The molecule has 2 aromatic carbocycles. The minimum Gasteiger partial charge on any atom is -0.342 e. The van der Waals surface area contributed by atoms with Gasteiger partial charge in [-0.3, -0.25) is 4.79 Å². The number of amides is 1. The minimum atomic E-state index is 0.152. The molecule has 4 heteroatoms. The molecule has 1 heterocycles. The molecule has 1 fully saturated rings. The average molecular weight is 305 g/mol. The molecule has 0 bridgehead atoms. The van der Waals surface area contributed by atoms with Crippen LogP contribution in [0.2, 0.25) is 0 Å². The zero-order chi connectivity index (χ0) is 15.6. The maximum Gasteiger partial charge on any atom is 0.227 e. The lowest BCUT2D eigenvalue weighted by atomic mass is 10.1. The fourth-order valence-electron chi connectivity index (χ4n) is 2.78. The number of hydrogen-bond acceptors (Lipinski definition) is 2. The summed E-state index contributed by atoms with van der Waals surface area (Å²) in [4.78, 5) is 19.8. The molecule has 3 aromatic rings. The Morgan fingerprint density at radius 1 is 1.13 bits per heavy atom. The first kappa shape index (κ1) is 14.0. The van der Waals surface area contributed by atoms with Crippen molar-refractivity contribution in [3.8, 4) is 0 Å². The van der Waals surface area contributed by atoms with Crippen LogP contribution in [-0.4, -0.2) is 15.9 Å². The molecule has 1 aromatic heterocycles. The Kier molecular flexibility index (Phi) is 3.58. The summed E-state index contributed by atoms with van der Waals surface area (Å²) in [6.45, 7) is 0. The molecule has 1 aliphatic carbocycles. The molecule has 0 unspecified atom stereocenters. The van der Waals surface area contributed by atoms with Gasteiger partial charge in [0.25, 0.3) is 0 Å². The normalized spacial score (nSPS) is 14.1. The second-order valence-electron chi connectivity index (χ2n) is 6.16. The van der Waals surface area contributed by atoms with Crippen LogP contribution in [0.5, 0.6) is 0 Å². The second kappa shape index (κ2) is 5.88. The number of H-pyrrole nitrogens is 1. The molecular formula is C19H19N3O. The molecule has 0 aliphatic heterocycles. The van der Waals surface area contributed by atoms with Crippen LogP contribution in [0.25, 0.3) is 11.0 Å². The van der Waals surface area contributed by atoms with Crippen molar-refractivity contribution in [3.05, 3.63) is 59.9 Å². The predicted molar refractivity (Wildman–Crippen MR) is 91.3 cm³/mol. The smallest absolute Gasteiger partial charge is 0.227 e. The number of hydrogen-bond donors (Lipinski definition) is 2. The first-order chi connectivity index (χ1) is 11.3. The van der Waals surface area contributed by atoms with Crippen LogP contribution in [0.1, 0.15) is 24.2 Å². The third-order valence-electron chi connectivity index (χ3n) is 4.23. The number of imidazole rings is 1. The quantitative estimate of drug-likeness (QED) is 0.755. The molecule has 1 amide bonds. The van der Waals surface area contributed by atoms with Crippen molar-refractivity contribution in [1.82, 2.24) is 9.97 Å². The van der Waals surface area contributed by atoms with Gasteiger partial charge in [-0.15, -0.1) is 0 Å². The van der Waals surface area contributed by atoms with Gasteiger partial charge in [-0.25, -0.2) is 4.98 Å². The third-order valence-corrected chi connectivity index (χ3v) is 4.23. The zero-order valence-electron chi connectivity index (χ0n) is 12.9. The Morgan fingerprint density at radius 2 is 2.00 bits per heavy atom. The maximum atomic E-state index is 11.8. The van der Waals surface area contributed by atoms with Gasteiger partial charge in [-0.05, 0) is 49.1 Å². The number of aromatic amines is 1. The summed E-state index contributed by atoms with van der Waals surface area (Å²) in [5.41, 5.74) is 4.18. The SMILES string of the molecule is O=C(Nc1cccc(CCc2nc3ccccc3[nH]2)c1)C1CC1. The monoisotopic (exact) mass is 305 g/mol. The van der Waals surface area contributed by atoms with Crippen molar-refractivity contribution in [2.45, 2.75) is 25.7 Å². The number of aromatic nitrogens is 2. The fraction of sp³-hybridized carbons (Fsp3) is 0.263. The summed E-state index contributed by atoms with van der Waals surface area (Å²) in [6, 6.07) is 16.2. The van der Waals surface area contributed by atoms with Crippen molar-refractivity contribution in [2.75, 3.05) is 5.32 Å². The molecule has 4 nitrogen and oxygen atoms in total. The summed E-state index contributed by atoms with van der Waals surface area (Å²) in [6.07, 6.45) is 3.80. The van der Waals surface area contributed by atoms with Gasteiger partial charge in [0, 0.05) is 18.0 Å². The Labute approximate surface area is 134 Å². The standard InChI is InChI=1S/C19H19N3O/c23-19(14-9-10-14)20-15-5-3-4-13(12-15)8-11-18-21-16-6-1-2-7-17(16)22-18/h1-7,12,14H,8-11H2,(H,20,23)(H,21,22). The topological polar surface area (TPSA) is 57.8 Å². The first-order valence-electron chi connectivity index (χ1n) is 8.11. The number of para-hydroxylation sites is 2. The zero-order valence-corrected chi connectivity index (χ0v) is 12.9. The summed E-state index contributed by atoms with van der Waals surface area (Å²) in [5.74, 6) is 1.38. The van der Waals surface area contributed by atoms with Gasteiger partial charge in [0.1, 0.15) is 5.82 Å². The molecule has 116 valence electrons. The summed E-state index contributed by atoms with van der Waals surface area (Å²) >= 11 is 0. The van der Waals surface area contributed by atoms with E-state index in [-0.39, 0.29) is 11.8 Å². The van der Waals surface area contributed by atoms with Crippen LogP contribution in [0.15, 0.2) is 48.5 Å². The molecule has 23 heavy (non-hydrogen) atoms. The van der Waals surface area contributed by atoms with E-state index in [0.717, 1.165) is 48.2 Å². The van der Waals surface area contributed by atoms with E-state index in [2.05, 4.69) is 27.4 Å². The van der Waals surface area contributed by atoms with Gasteiger partial charge in [-0.1, -0.05) is 24.3 Å². The van der Waals surface area contributed by atoms with Crippen molar-refractivity contribution in [2.24, 2.45) is 5.92 Å². The number of fused-ring (bicyclic) bond motifs is 1. The Morgan fingerprint density at radius 3 is 2.83 bits per heavy atom. The van der Waals surface area contributed by atoms with E-state index in [1.807, 2.05) is 36.4 Å². The molecule has 0 spiro atoms. The summed E-state index contributed by atoms with van der Waals surface area (Å²) < 4.78 is 0. The fourth-order valence-corrected chi connectivity index (χ4v) is 2.78. The van der Waals surface area contributed by atoms with Crippen LogP contribution in [0, 0.1) is 5.92 Å². The van der Waals surface area contributed by atoms with Gasteiger partial charge in [-0.2, -0.15) is 0 Å². The van der Waals surface area contributed by atoms with Crippen molar-refractivity contribution < 1.29 is 4.79 Å². The lowest BCUT2D eigenvalue weighted by Crippen LogP contribution is -2.13. The number of rotatable bonds is 5. The summed E-state index contributed by atoms with van der Waals surface area (Å²) in [5, 5.41) is 3.00. The lowest BCUT2D eigenvalue weighted by Gasteiger charge is -2.06. The van der Waals surface area contributed by atoms with E-state index < -0.39 is 0 Å². The van der Waals surface area contributed by atoms with Crippen molar-refractivity contribution >= 4 is 22.6 Å². The Hall–Kier alpha value is -2.62. The molecule has 0 atom stereocenters. The highest BCUT2D eigenvalue weighted by molar-refractivity contribution is 5.94. The van der Waals surface area contributed by atoms with Crippen LogP contribution in [0.3, 0.4) is 0 Å². The highest BCUT2D eigenvalue weighted by Gasteiger charge is 2.29. The highest BCUT2D eigenvalue weighted by atomic mass is 16.2. The van der Waals surface area contributed by atoms with Crippen LogP contribution < -0.4 is 5.32 Å². The number of carbonyl (C=O) groups excluding carboxylic acids is 1. The van der Waals surface area contributed by atoms with Crippen molar-refractivity contribution in [3.63, 3.8) is 0 Å². The molecular weight excluding hydrogens is 286 g/mol. The van der Waals surface area contributed by atoms with E-state index in [1.54, 1.807) is 0 Å². The molecule has 2 N–H and O–H groups in total. The van der Waals surface area contributed by atoms with E-state index in [4.69, 9.17) is 0 Å². The second-order valence-corrected chi connectivity index (χ2v) is 6.16. The van der Waals surface area contributed by atoms with E-state index in [0.29, 0.717) is 0 Å². The average Bonchev–Trinajstić information content (AvgIpc) is 3.33. The van der Waals surface area contributed by atoms with Gasteiger partial charge in [0.15, 0.2) is 0 Å². The number of aryl methyl sites for hydroxylation is 2. The third kappa shape index (κ3) is 3.26. The molecule has 0 saturated heterocycles. The van der Waals surface area contributed by atoms with E-state index in [9.17, 15) is 4.79 Å². The van der Waals surface area contributed by atoms with Gasteiger partial charge in [0.05, 0.1) is 11.0 Å². The number of benzene rings is 2. The Bertz CT molecular complexity index is 815. The van der Waals surface area contributed by atoms with Gasteiger partial charge >= 0.3 is 0 Å². The van der Waals surface area contributed by atoms with Crippen LogP contribution in [0.4, 0.5) is 5.69 Å². The highest BCUT2D eigenvalue weighted by Crippen LogP contribution is 2.30. The number of nitrogens with one attached hydrogen (secondary N) is 2. The molecule has 1 saturated carbocycles. The molecule has 1 aliphatic rings. The maximum absolute atomic E-state index is 11.8. The number of anilines is 1. The molecule has 4 rings (SSSR count). The van der Waals surface area contributed by atoms with E-state index >= 15 is 0 Å². The number of nitrogens with zero attached hydrogens (tertiary/aromatic N) is 1. The van der Waals surface area contributed by atoms with E-state index in [1.165, 1.54) is 5.56 Å². The van der Waals surface area contributed by atoms with Gasteiger partial charge in [0.2, 0.25) is 5.91 Å². The van der Waals surface area contributed by atoms with Gasteiger partial charge < -0.3 is 10.3 Å². The Balaban J connectivity index is 1.42. The first-order valence-corrected chi connectivity index (χ1v) is 8.11. The largest absolute Gasteiger partial charge is 0.342 e. The number of carbonyl (C=O) groups is 1. The van der Waals surface area contributed by atoms with Crippen molar-refractivity contribution in [1.29, 1.82) is 0 Å². The minimum absolute atomic E-state index is 0.152. The summed E-state index contributed by atoms with van der Waals surface area (Å²) in [7, 11) is 0. The van der Waals surface area contributed by atoms with Crippen LogP contribution in [-0.2, 0) is 17.6 Å². The van der Waals surface area contributed by atoms with Crippen LogP contribution >= 0.6 is 0 Å². The predicted octanol–water partition coefficient (Wildman–Crippen LogP) is 3.70. The molecule has 0 radical (unpaired) electrons. The lowest BCUT2D eigenvalue weighted by molar-refractivity contribution is -0.117.